The van der Waals surface area contributed by atoms with Crippen molar-refractivity contribution in [3.63, 3.8) is 0 Å². The number of aliphatic hydroxyl groups excluding tert-OH is 1. The first kappa shape index (κ1) is 14.3. The molecule has 0 saturated heterocycles. The molecule has 2 aromatic rings. The molecule has 1 heterocycles. The highest BCUT2D eigenvalue weighted by Crippen LogP contribution is 2.19. The summed E-state index contributed by atoms with van der Waals surface area (Å²) in [5.74, 6) is -0.435. The second kappa shape index (κ2) is 6.34. The van der Waals surface area contributed by atoms with Crippen LogP contribution in [0.15, 0.2) is 30.3 Å². The highest BCUT2D eigenvalue weighted by Gasteiger charge is 2.23. The third-order valence-corrected chi connectivity index (χ3v) is 3.08. The predicted molar refractivity (Wildman–Crippen MR) is 74.3 cm³/mol. The van der Waals surface area contributed by atoms with E-state index < -0.39 is 5.97 Å². The van der Waals surface area contributed by atoms with E-state index in [2.05, 4.69) is 5.10 Å². The number of aromatic nitrogens is 2. The maximum Gasteiger partial charge on any atom is 0.342 e. The highest BCUT2D eigenvalue weighted by molar-refractivity contribution is 5.92. The van der Waals surface area contributed by atoms with E-state index in [-0.39, 0.29) is 6.61 Å². The number of nitrogens with zero attached hydrogens (tertiary/aromatic N) is 2. The van der Waals surface area contributed by atoms with Crippen molar-refractivity contribution in [2.24, 2.45) is 7.05 Å². The Morgan fingerprint density at radius 2 is 2.05 bits per heavy atom. The van der Waals surface area contributed by atoms with Crippen molar-refractivity contribution in [1.29, 1.82) is 0 Å². The Morgan fingerprint density at radius 3 is 2.65 bits per heavy atom. The van der Waals surface area contributed by atoms with E-state index in [4.69, 9.17) is 4.74 Å². The minimum Gasteiger partial charge on any atom is -0.462 e. The van der Waals surface area contributed by atoms with Crippen molar-refractivity contribution in [2.45, 2.75) is 20.0 Å². The molecule has 5 nitrogen and oxygen atoms in total. The predicted octanol–water partition coefficient (Wildman–Crippen LogP) is 1.68. The zero-order chi connectivity index (χ0) is 14.5. The van der Waals surface area contributed by atoms with Crippen LogP contribution < -0.4 is 0 Å². The van der Waals surface area contributed by atoms with Crippen molar-refractivity contribution < 1.29 is 14.6 Å². The molecule has 0 aliphatic carbocycles. The second-order valence-electron chi connectivity index (χ2n) is 4.43. The van der Waals surface area contributed by atoms with Gasteiger partial charge in [-0.05, 0) is 12.5 Å². The third kappa shape index (κ3) is 2.88. The molecule has 0 aliphatic rings. The lowest BCUT2D eigenvalue weighted by Gasteiger charge is -2.07. The largest absolute Gasteiger partial charge is 0.462 e. The maximum absolute atomic E-state index is 12.1. The molecule has 20 heavy (non-hydrogen) atoms. The first-order chi connectivity index (χ1) is 9.67. The Hall–Kier alpha value is -2.14. The minimum atomic E-state index is -0.435. The van der Waals surface area contributed by atoms with Crippen molar-refractivity contribution >= 4 is 5.97 Å². The van der Waals surface area contributed by atoms with E-state index >= 15 is 0 Å². The van der Waals surface area contributed by atoms with E-state index in [9.17, 15) is 9.90 Å². The molecule has 0 saturated carbocycles. The molecule has 0 fully saturated rings. The molecule has 0 spiro atoms. The number of aryl methyl sites for hydroxylation is 1. The van der Waals surface area contributed by atoms with Crippen molar-refractivity contribution in [1.82, 2.24) is 9.78 Å². The minimum absolute atomic E-state index is 0.281. The first-order valence-electron chi connectivity index (χ1n) is 6.54. The highest BCUT2D eigenvalue weighted by atomic mass is 16.5. The molecular formula is C15H18N2O3. The van der Waals surface area contributed by atoms with Gasteiger partial charge in [0.2, 0.25) is 0 Å². The van der Waals surface area contributed by atoms with Crippen LogP contribution in [0, 0.1) is 0 Å². The summed E-state index contributed by atoms with van der Waals surface area (Å²) in [6.07, 6.45) is 0.568. The molecule has 106 valence electrons. The smallest absolute Gasteiger partial charge is 0.342 e. The number of rotatable bonds is 5. The fourth-order valence-electron chi connectivity index (χ4n) is 2.16. The summed E-state index contributed by atoms with van der Waals surface area (Å²) in [7, 11) is 1.76. The number of benzene rings is 1. The van der Waals surface area contributed by atoms with E-state index in [1.165, 1.54) is 0 Å². The van der Waals surface area contributed by atoms with E-state index in [1.807, 2.05) is 30.3 Å². The van der Waals surface area contributed by atoms with Crippen molar-refractivity contribution in [3.8, 4) is 0 Å². The van der Waals surface area contributed by atoms with Gasteiger partial charge in [0, 0.05) is 13.5 Å². The first-order valence-corrected chi connectivity index (χ1v) is 6.54. The van der Waals surface area contributed by atoms with Crippen LogP contribution in [0.25, 0.3) is 0 Å². The molecule has 1 aromatic heterocycles. The van der Waals surface area contributed by atoms with E-state index in [1.54, 1.807) is 18.7 Å². The van der Waals surface area contributed by atoms with Crippen LogP contribution in [0.4, 0.5) is 0 Å². The summed E-state index contributed by atoms with van der Waals surface area (Å²) >= 11 is 0. The van der Waals surface area contributed by atoms with Gasteiger partial charge in [-0.3, -0.25) is 4.68 Å². The molecule has 0 unspecified atom stereocenters. The van der Waals surface area contributed by atoms with Crippen LogP contribution in [-0.4, -0.2) is 27.5 Å². The quantitative estimate of drug-likeness (QED) is 0.843. The second-order valence-corrected chi connectivity index (χ2v) is 4.43. The SMILES string of the molecule is CCOC(=O)c1c(CO)nn(C)c1Cc1ccccc1. The summed E-state index contributed by atoms with van der Waals surface area (Å²) in [5, 5.41) is 13.6. The summed E-state index contributed by atoms with van der Waals surface area (Å²) in [5.41, 5.74) is 2.56. The Morgan fingerprint density at radius 1 is 1.35 bits per heavy atom. The van der Waals surface area contributed by atoms with Crippen LogP contribution in [0.1, 0.15) is 34.2 Å². The molecule has 5 heteroatoms. The monoisotopic (exact) mass is 274 g/mol. The van der Waals surface area contributed by atoms with Gasteiger partial charge in [0.1, 0.15) is 11.3 Å². The van der Waals surface area contributed by atoms with Gasteiger partial charge in [-0.15, -0.1) is 0 Å². The van der Waals surface area contributed by atoms with Gasteiger partial charge in [0.25, 0.3) is 0 Å². The van der Waals surface area contributed by atoms with Crippen LogP contribution in [-0.2, 0) is 24.8 Å². The number of esters is 1. The standard InChI is InChI=1S/C15H18N2O3/c1-3-20-15(19)14-12(10-18)16-17(2)13(14)9-11-7-5-4-6-8-11/h4-8,18H,3,9-10H2,1-2H3. The number of aliphatic hydroxyl groups is 1. The van der Waals surface area contributed by atoms with Crippen LogP contribution in [0.3, 0.4) is 0 Å². The van der Waals surface area contributed by atoms with Crippen molar-refractivity contribution in [2.75, 3.05) is 6.61 Å². The number of hydrogen-bond donors (Lipinski definition) is 1. The lowest BCUT2D eigenvalue weighted by Crippen LogP contribution is -2.11. The number of hydrogen-bond acceptors (Lipinski definition) is 4. The number of ether oxygens (including phenoxy) is 1. The molecular weight excluding hydrogens is 256 g/mol. The summed E-state index contributed by atoms with van der Waals surface area (Å²) in [6, 6.07) is 9.81. The molecule has 2 rings (SSSR count). The lowest BCUT2D eigenvalue weighted by atomic mass is 10.1. The Bertz CT molecular complexity index is 591. The molecule has 1 aromatic carbocycles. The normalized spacial score (nSPS) is 10.6. The molecule has 1 N–H and O–H groups in total. The van der Waals surface area contributed by atoms with Gasteiger partial charge < -0.3 is 9.84 Å². The summed E-state index contributed by atoms with van der Waals surface area (Å²) < 4.78 is 6.69. The van der Waals surface area contributed by atoms with Gasteiger partial charge >= 0.3 is 5.97 Å². The zero-order valence-electron chi connectivity index (χ0n) is 11.7. The lowest BCUT2D eigenvalue weighted by molar-refractivity contribution is 0.0521. The van der Waals surface area contributed by atoms with Crippen LogP contribution >= 0.6 is 0 Å². The Kier molecular flexibility index (Phi) is 4.53. The molecule has 0 aliphatic heterocycles. The van der Waals surface area contributed by atoms with Gasteiger partial charge in [-0.1, -0.05) is 30.3 Å². The van der Waals surface area contributed by atoms with Gasteiger partial charge in [0.05, 0.1) is 18.9 Å². The average Bonchev–Trinajstić information content (AvgIpc) is 2.77. The molecule has 0 atom stereocenters. The Labute approximate surface area is 117 Å². The third-order valence-electron chi connectivity index (χ3n) is 3.08. The number of carbonyl (C=O) groups is 1. The molecule has 0 bridgehead atoms. The van der Waals surface area contributed by atoms with E-state index in [0.717, 1.165) is 11.3 Å². The fraction of sp³-hybridized carbons (Fsp3) is 0.333. The number of carbonyl (C=O) groups excluding carboxylic acids is 1. The summed E-state index contributed by atoms with van der Waals surface area (Å²) in [4.78, 5) is 12.1. The topological polar surface area (TPSA) is 64.3 Å². The fourth-order valence-corrected chi connectivity index (χ4v) is 2.16. The van der Waals surface area contributed by atoms with Gasteiger partial charge in [-0.2, -0.15) is 5.10 Å². The van der Waals surface area contributed by atoms with Gasteiger partial charge in [-0.25, -0.2) is 4.79 Å². The van der Waals surface area contributed by atoms with Gasteiger partial charge in [0.15, 0.2) is 0 Å². The molecule has 0 radical (unpaired) electrons. The average molecular weight is 274 g/mol. The summed E-state index contributed by atoms with van der Waals surface area (Å²) in [6.45, 7) is 1.77. The molecule has 0 amide bonds. The van der Waals surface area contributed by atoms with Crippen LogP contribution in [0.5, 0.6) is 0 Å². The maximum atomic E-state index is 12.1. The van der Waals surface area contributed by atoms with Crippen LogP contribution in [0.2, 0.25) is 0 Å². The van der Waals surface area contributed by atoms with E-state index in [0.29, 0.717) is 24.3 Å². The Balaban J connectivity index is 2.41. The zero-order valence-corrected chi connectivity index (χ0v) is 11.7. The van der Waals surface area contributed by atoms with Crippen molar-refractivity contribution in [3.05, 3.63) is 52.8 Å².